The van der Waals surface area contributed by atoms with E-state index < -0.39 is 5.97 Å². The van der Waals surface area contributed by atoms with Gasteiger partial charge in [0.25, 0.3) is 5.56 Å². The summed E-state index contributed by atoms with van der Waals surface area (Å²) >= 11 is 0. The lowest BCUT2D eigenvalue weighted by Crippen LogP contribution is -2.25. The van der Waals surface area contributed by atoms with Crippen molar-refractivity contribution in [2.24, 2.45) is 0 Å². The van der Waals surface area contributed by atoms with Crippen molar-refractivity contribution < 1.29 is 19.0 Å². The quantitative estimate of drug-likeness (QED) is 0.325. The average Bonchev–Trinajstić information content (AvgIpc) is 2.74. The molecule has 2 rings (SSSR count). The van der Waals surface area contributed by atoms with Crippen LogP contribution >= 0.6 is 0 Å². The third-order valence-electron chi connectivity index (χ3n) is 5.12. The molecule has 1 aromatic carbocycles. The zero-order chi connectivity index (χ0) is 23.7. The number of methoxy groups -OCH3 is 1. The number of ether oxygens (including phenoxy) is 3. The summed E-state index contributed by atoms with van der Waals surface area (Å²) < 4.78 is 18.4. The zero-order valence-corrected chi connectivity index (χ0v) is 20.1. The van der Waals surface area contributed by atoms with Crippen molar-refractivity contribution in [3.8, 4) is 17.2 Å². The molecule has 0 spiro atoms. The van der Waals surface area contributed by atoms with Crippen LogP contribution in [0.1, 0.15) is 60.3 Å². The summed E-state index contributed by atoms with van der Waals surface area (Å²) in [6.07, 6.45) is 7.85. The summed E-state index contributed by atoms with van der Waals surface area (Å²) in [7, 11) is 1.59. The van der Waals surface area contributed by atoms with Gasteiger partial charge in [-0.25, -0.2) is 0 Å². The van der Waals surface area contributed by atoms with Gasteiger partial charge in [0.1, 0.15) is 12.4 Å². The number of rotatable bonds is 11. The molecule has 0 fully saturated rings. The van der Waals surface area contributed by atoms with E-state index >= 15 is 0 Å². The number of nitrogens with zero attached hydrogens (tertiary/aromatic N) is 1. The van der Waals surface area contributed by atoms with Gasteiger partial charge in [0.15, 0.2) is 5.75 Å². The van der Waals surface area contributed by atoms with E-state index in [0.29, 0.717) is 23.2 Å². The molecule has 0 atom stereocenters. The maximum atomic E-state index is 13.3. The summed E-state index contributed by atoms with van der Waals surface area (Å²) in [5.41, 5.74) is 2.80. The fourth-order valence-corrected chi connectivity index (χ4v) is 3.38. The molecule has 0 saturated carbocycles. The van der Waals surface area contributed by atoms with Gasteiger partial charge in [-0.15, -0.1) is 0 Å². The van der Waals surface area contributed by atoms with Gasteiger partial charge in [-0.1, -0.05) is 30.6 Å². The summed E-state index contributed by atoms with van der Waals surface area (Å²) in [6.45, 7) is 10.4. The van der Waals surface area contributed by atoms with Crippen molar-refractivity contribution in [3.63, 3.8) is 0 Å². The highest BCUT2D eigenvalue weighted by Gasteiger charge is 2.21. The number of hydrogen-bond donors (Lipinski definition) is 0. The molecule has 0 aliphatic rings. The van der Waals surface area contributed by atoms with Crippen molar-refractivity contribution in [2.45, 2.75) is 66.8 Å². The molecule has 0 amide bonds. The van der Waals surface area contributed by atoms with Crippen molar-refractivity contribution in [1.29, 1.82) is 0 Å². The van der Waals surface area contributed by atoms with E-state index in [1.807, 2.05) is 24.3 Å². The highest BCUT2D eigenvalue weighted by Crippen LogP contribution is 2.35. The van der Waals surface area contributed by atoms with Gasteiger partial charge in [-0.3, -0.25) is 9.59 Å². The van der Waals surface area contributed by atoms with Crippen molar-refractivity contribution in [2.75, 3.05) is 13.7 Å². The fourth-order valence-electron chi connectivity index (χ4n) is 3.38. The number of unbranched alkanes of at least 4 members (excludes halogenated alkanes) is 1. The minimum atomic E-state index is -0.560. The lowest BCUT2D eigenvalue weighted by Gasteiger charge is -2.18. The third kappa shape index (κ3) is 6.74. The van der Waals surface area contributed by atoms with Crippen molar-refractivity contribution in [1.82, 2.24) is 4.57 Å². The predicted molar refractivity (Wildman–Crippen MR) is 129 cm³/mol. The number of carbonyl (C=O) groups is 1. The highest BCUT2D eigenvalue weighted by molar-refractivity contribution is 5.90. The van der Waals surface area contributed by atoms with E-state index in [1.54, 1.807) is 11.7 Å². The monoisotopic (exact) mass is 441 g/mol. The number of esters is 1. The van der Waals surface area contributed by atoms with Gasteiger partial charge in [-0.05, 0) is 58.2 Å². The van der Waals surface area contributed by atoms with Crippen LogP contribution in [0.3, 0.4) is 0 Å². The Morgan fingerprint density at radius 3 is 2.47 bits per heavy atom. The molecule has 6 heteroatoms. The van der Waals surface area contributed by atoms with Crippen LogP contribution in [0.25, 0.3) is 10.9 Å². The maximum absolute atomic E-state index is 13.3. The Balaban J connectivity index is 2.50. The largest absolute Gasteiger partial charge is 0.497 e. The smallest absolute Gasteiger partial charge is 0.308 e. The summed E-state index contributed by atoms with van der Waals surface area (Å²) in [4.78, 5) is 25.1. The number of aryl methyl sites for hydroxylation is 1. The molecule has 174 valence electrons. The van der Waals surface area contributed by atoms with Gasteiger partial charge < -0.3 is 18.8 Å². The van der Waals surface area contributed by atoms with Crippen LogP contribution < -0.4 is 19.8 Å². The average molecular weight is 442 g/mol. The Labute approximate surface area is 190 Å². The first kappa shape index (κ1) is 25.2. The molecule has 0 unspecified atom stereocenters. The van der Waals surface area contributed by atoms with Crippen LogP contribution in [0.4, 0.5) is 0 Å². The Kier molecular flexibility index (Phi) is 9.57. The number of fused-ring (bicyclic) bond motifs is 1. The second kappa shape index (κ2) is 12.1. The second-order valence-corrected chi connectivity index (χ2v) is 8.13. The predicted octanol–water partition coefficient (Wildman–Crippen LogP) is 5.81. The van der Waals surface area contributed by atoms with Gasteiger partial charge in [-0.2, -0.15) is 0 Å². The first-order valence-electron chi connectivity index (χ1n) is 11.1. The molecular formula is C26H35NO5. The molecule has 1 aromatic heterocycles. The maximum Gasteiger partial charge on any atom is 0.308 e. The topological polar surface area (TPSA) is 66.8 Å². The Bertz CT molecular complexity index is 1060. The molecule has 0 N–H and O–H groups in total. The van der Waals surface area contributed by atoms with Crippen LogP contribution in [-0.2, 0) is 11.3 Å². The van der Waals surface area contributed by atoms with E-state index in [9.17, 15) is 9.59 Å². The van der Waals surface area contributed by atoms with Gasteiger partial charge in [0, 0.05) is 24.9 Å². The molecule has 0 bridgehead atoms. The Hall–Kier alpha value is -3.02. The third-order valence-corrected chi connectivity index (χ3v) is 5.12. The van der Waals surface area contributed by atoms with Crippen molar-refractivity contribution >= 4 is 16.9 Å². The van der Waals surface area contributed by atoms with Crippen molar-refractivity contribution in [3.05, 3.63) is 51.9 Å². The molecule has 1 heterocycles. The summed E-state index contributed by atoms with van der Waals surface area (Å²) in [6, 6.07) is 5.46. The SMILES string of the molecule is CCCCn1c(=O)c(OC(C)=O)c(OC/C=C(\C)CCC=C(C)C)c2ccc(OC)cc21. The minimum Gasteiger partial charge on any atom is -0.497 e. The lowest BCUT2D eigenvalue weighted by molar-refractivity contribution is -0.132. The minimum absolute atomic E-state index is 0.0677. The molecular weight excluding hydrogens is 406 g/mol. The van der Waals surface area contributed by atoms with Crippen LogP contribution in [-0.4, -0.2) is 24.3 Å². The molecule has 0 saturated heterocycles. The van der Waals surface area contributed by atoms with Gasteiger partial charge in [0.05, 0.1) is 12.6 Å². The van der Waals surface area contributed by atoms with Crippen LogP contribution in [0.2, 0.25) is 0 Å². The number of aromatic nitrogens is 1. The molecule has 32 heavy (non-hydrogen) atoms. The van der Waals surface area contributed by atoms with Gasteiger partial charge in [0.2, 0.25) is 5.75 Å². The lowest BCUT2D eigenvalue weighted by atomic mass is 10.1. The van der Waals surface area contributed by atoms with E-state index in [-0.39, 0.29) is 23.7 Å². The van der Waals surface area contributed by atoms with E-state index in [1.165, 1.54) is 18.1 Å². The summed E-state index contributed by atoms with van der Waals surface area (Å²) in [5.74, 6) is 0.296. The molecule has 0 aliphatic carbocycles. The van der Waals surface area contributed by atoms with E-state index in [4.69, 9.17) is 14.2 Å². The number of carbonyl (C=O) groups excluding carboxylic acids is 1. The van der Waals surface area contributed by atoms with E-state index in [2.05, 4.69) is 33.8 Å². The second-order valence-electron chi connectivity index (χ2n) is 8.13. The van der Waals surface area contributed by atoms with E-state index in [0.717, 1.165) is 25.7 Å². The molecule has 2 aromatic rings. The number of pyridine rings is 1. The fraction of sp³-hybridized carbons (Fsp3) is 0.462. The van der Waals surface area contributed by atoms with Crippen LogP contribution in [0.5, 0.6) is 17.2 Å². The van der Waals surface area contributed by atoms with Crippen LogP contribution in [0.15, 0.2) is 46.3 Å². The first-order chi connectivity index (χ1) is 15.3. The Morgan fingerprint density at radius 2 is 1.84 bits per heavy atom. The molecule has 0 aliphatic heterocycles. The molecule has 0 radical (unpaired) electrons. The molecule has 6 nitrogen and oxygen atoms in total. The zero-order valence-electron chi connectivity index (χ0n) is 20.1. The highest BCUT2D eigenvalue weighted by atomic mass is 16.6. The number of hydrogen-bond acceptors (Lipinski definition) is 5. The van der Waals surface area contributed by atoms with Crippen LogP contribution in [0, 0.1) is 0 Å². The summed E-state index contributed by atoms with van der Waals surface area (Å²) in [5, 5.41) is 0.702. The first-order valence-corrected chi connectivity index (χ1v) is 11.1. The normalized spacial score (nSPS) is 11.4. The Morgan fingerprint density at radius 1 is 1.09 bits per heavy atom. The number of allylic oxidation sites excluding steroid dienone is 3. The van der Waals surface area contributed by atoms with Gasteiger partial charge >= 0.3 is 5.97 Å². The number of benzene rings is 1. The standard InChI is InChI=1S/C26H35NO5/c1-7-8-15-27-23-17-21(30-6)12-13-22(23)24(25(26(27)29)32-20(5)28)31-16-14-19(4)11-9-10-18(2)3/h10,12-14,17H,7-9,11,15-16H2,1-6H3/b19-14+.